The average Bonchev–Trinajstić information content (AvgIpc) is 4.00. The van der Waals surface area contributed by atoms with Crippen LogP contribution < -0.4 is 0 Å². The molecule has 0 amide bonds. The van der Waals surface area contributed by atoms with Crippen LogP contribution in [0.25, 0.3) is 100.0 Å². The summed E-state index contributed by atoms with van der Waals surface area (Å²) >= 11 is 0. The molecule has 0 bridgehead atoms. The van der Waals surface area contributed by atoms with Crippen LogP contribution in [0.15, 0.2) is 200 Å². The summed E-state index contributed by atoms with van der Waals surface area (Å²) in [4.78, 5) is 5.58. The highest BCUT2D eigenvalue weighted by Gasteiger charge is 2.25. The van der Waals surface area contributed by atoms with E-state index in [0.29, 0.717) is 0 Å². The Labute approximate surface area is 322 Å². The van der Waals surface area contributed by atoms with Gasteiger partial charge in [-0.15, -0.1) is 0 Å². The second kappa shape index (κ2) is 11.9. The number of imidazole rings is 2. The minimum absolute atomic E-state index is 0.873. The fourth-order valence-corrected chi connectivity index (χ4v) is 8.99. The first-order valence-electron chi connectivity index (χ1n) is 19.1. The van der Waals surface area contributed by atoms with Crippen LogP contribution in [0, 0.1) is 0 Å². The van der Waals surface area contributed by atoms with Gasteiger partial charge in [-0.05, 0) is 78.9 Å². The molecule has 0 fully saturated rings. The number of aromatic nitrogens is 5. The maximum absolute atomic E-state index is 5.58. The van der Waals surface area contributed by atoms with Gasteiger partial charge in [0.15, 0.2) is 0 Å². The maximum atomic E-state index is 5.58. The van der Waals surface area contributed by atoms with Crippen molar-refractivity contribution >= 4 is 60.4 Å². The van der Waals surface area contributed by atoms with Crippen LogP contribution in [0.1, 0.15) is 0 Å². The van der Waals surface area contributed by atoms with Gasteiger partial charge in [-0.2, -0.15) is 0 Å². The van der Waals surface area contributed by atoms with Gasteiger partial charge in [0.05, 0.1) is 44.5 Å². The zero-order valence-electron chi connectivity index (χ0n) is 30.3. The maximum Gasteiger partial charge on any atom is 0.220 e. The Balaban J connectivity index is 1.15. The summed E-state index contributed by atoms with van der Waals surface area (Å²) in [6, 6.07) is 71.8. The number of para-hydroxylation sites is 6. The molecular weight excluding hydrogens is 683 g/mol. The van der Waals surface area contributed by atoms with Gasteiger partial charge in [0.2, 0.25) is 5.78 Å². The lowest BCUT2D eigenvalue weighted by molar-refractivity contribution is 1.10. The molecule has 0 saturated heterocycles. The molecule has 0 atom stereocenters. The third-order valence-electron chi connectivity index (χ3n) is 11.4. The molecule has 5 nitrogen and oxygen atoms in total. The van der Waals surface area contributed by atoms with Gasteiger partial charge >= 0.3 is 0 Å². The molecule has 56 heavy (non-hydrogen) atoms. The van der Waals surface area contributed by atoms with Gasteiger partial charge in [-0.25, -0.2) is 4.98 Å². The summed E-state index contributed by atoms with van der Waals surface area (Å²) in [5, 5.41) is 4.85. The van der Waals surface area contributed by atoms with Crippen molar-refractivity contribution in [2.75, 3.05) is 0 Å². The normalized spacial score (nSPS) is 11.9. The zero-order valence-corrected chi connectivity index (χ0v) is 30.3. The van der Waals surface area contributed by atoms with Gasteiger partial charge in [-0.3, -0.25) is 8.97 Å². The van der Waals surface area contributed by atoms with Crippen molar-refractivity contribution in [3.63, 3.8) is 0 Å². The van der Waals surface area contributed by atoms with Gasteiger partial charge in [-0.1, -0.05) is 121 Å². The van der Waals surface area contributed by atoms with Crippen molar-refractivity contribution in [2.24, 2.45) is 0 Å². The van der Waals surface area contributed by atoms with Crippen LogP contribution in [-0.2, 0) is 0 Å². The highest BCUT2D eigenvalue weighted by molar-refractivity contribution is 6.12. The summed E-state index contributed by atoms with van der Waals surface area (Å²) < 4.78 is 9.44. The van der Waals surface area contributed by atoms with Crippen molar-refractivity contribution in [3.05, 3.63) is 200 Å². The summed E-state index contributed by atoms with van der Waals surface area (Å²) in [5.74, 6) is 0.873. The predicted octanol–water partition coefficient (Wildman–Crippen LogP) is 12.8. The van der Waals surface area contributed by atoms with Gasteiger partial charge in [0, 0.05) is 49.7 Å². The quantitative estimate of drug-likeness (QED) is 0.175. The molecule has 0 saturated carbocycles. The van der Waals surface area contributed by atoms with E-state index < -0.39 is 0 Å². The Morgan fingerprint density at radius 3 is 1.41 bits per heavy atom. The number of benzene rings is 8. The first-order valence-corrected chi connectivity index (χ1v) is 19.1. The van der Waals surface area contributed by atoms with Crippen LogP contribution >= 0.6 is 0 Å². The smallest absolute Gasteiger partial charge is 0.220 e. The van der Waals surface area contributed by atoms with E-state index in [4.69, 9.17) is 4.98 Å². The Kier molecular flexibility index (Phi) is 6.56. The first kappa shape index (κ1) is 30.8. The number of hydrogen-bond acceptors (Lipinski definition) is 1. The fourth-order valence-electron chi connectivity index (χ4n) is 8.99. The predicted molar refractivity (Wildman–Crippen MR) is 232 cm³/mol. The molecule has 0 N–H and O–H groups in total. The summed E-state index contributed by atoms with van der Waals surface area (Å²) in [6.45, 7) is 0. The Hall–Kier alpha value is -7.63. The largest absolute Gasteiger partial charge is 0.309 e. The van der Waals surface area contributed by atoms with Crippen LogP contribution in [0.3, 0.4) is 0 Å². The number of fused-ring (bicyclic) bond motifs is 9. The number of nitrogens with zero attached hydrogens (tertiary/aromatic N) is 5. The van der Waals surface area contributed by atoms with Gasteiger partial charge in [0.1, 0.15) is 0 Å². The molecule has 8 aromatic carbocycles. The van der Waals surface area contributed by atoms with E-state index in [1.54, 1.807) is 0 Å². The highest BCUT2D eigenvalue weighted by Crippen LogP contribution is 2.42. The van der Waals surface area contributed by atoms with E-state index in [1.807, 2.05) is 0 Å². The van der Waals surface area contributed by atoms with Crippen LogP contribution in [0.2, 0.25) is 0 Å². The second-order valence-electron chi connectivity index (χ2n) is 14.4. The van der Waals surface area contributed by atoms with Crippen molar-refractivity contribution in [2.45, 2.75) is 0 Å². The third-order valence-corrected chi connectivity index (χ3v) is 11.4. The minimum atomic E-state index is 0.873. The monoisotopic (exact) mass is 715 g/mol. The highest BCUT2D eigenvalue weighted by atomic mass is 15.2. The molecule has 12 aromatic rings. The molecule has 4 heterocycles. The van der Waals surface area contributed by atoms with Gasteiger partial charge < -0.3 is 9.13 Å². The van der Waals surface area contributed by atoms with Gasteiger partial charge in [0.25, 0.3) is 0 Å². The number of hydrogen-bond donors (Lipinski definition) is 0. The van der Waals surface area contributed by atoms with Crippen LogP contribution in [0.5, 0.6) is 0 Å². The fraction of sp³-hybridized carbons (Fsp3) is 0. The van der Waals surface area contributed by atoms with E-state index in [1.165, 1.54) is 43.6 Å². The third kappa shape index (κ3) is 4.39. The lowest BCUT2D eigenvalue weighted by atomic mass is 10.0. The second-order valence-corrected chi connectivity index (χ2v) is 14.4. The van der Waals surface area contributed by atoms with E-state index >= 15 is 0 Å². The van der Waals surface area contributed by atoms with Crippen molar-refractivity contribution < 1.29 is 0 Å². The molecule has 262 valence electrons. The first-order chi connectivity index (χ1) is 27.8. The molecular formula is C51H33N5. The minimum Gasteiger partial charge on any atom is -0.309 e. The Morgan fingerprint density at radius 1 is 0.304 bits per heavy atom. The molecule has 0 aliphatic rings. The van der Waals surface area contributed by atoms with Crippen molar-refractivity contribution in [1.82, 2.24) is 23.1 Å². The summed E-state index contributed by atoms with van der Waals surface area (Å²) in [7, 11) is 0. The van der Waals surface area contributed by atoms with E-state index in [0.717, 1.165) is 56.4 Å². The summed E-state index contributed by atoms with van der Waals surface area (Å²) in [6.07, 6.45) is 0. The van der Waals surface area contributed by atoms with Crippen molar-refractivity contribution in [1.29, 1.82) is 0 Å². The SMILES string of the molecule is c1ccc(-c2nc3n(-c4ccc5c(c4)c4ccccc4n5-c4ccccc4)c4ccccc4n3c2-c2ccc3c(c2)c2ccccc2n3-c2ccccc2)cc1. The standard InChI is InChI=1S/C51H33N5/c1-4-16-34(17-5-1)49-50(35-28-30-45-41(32-35)39-22-10-12-24-43(39)53(45)36-18-6-2-7-19-36)56-48-27-15-14-26-47(48)55(51(56)52-49)38-29-31-46-42(33-38)40-23-11-13-25-44(40)54(46)37-20-8-3-9-21-37/h1-33H. The zero-order chi connectivity index (χ0) is 36.7. The molecule has 0 unspecified atom stereocenters. The Bertz CT molecular complexity index is 3460. The molecule has 5 heteroatoms. The topological polar surface area (TPSA) is 32.1 Å². The molecule has 0 aliphatic heterocycles. The Morgan fingerprint density at radius 2 is 0.786 bits per heavy atom. The lowest BCUT2D eigenvalue weighted by Crippen LogP contribution is -1.96. The molecule has 0 spiro atoms. The summed E-state index contributed by atoms with van der Waals surface area (Å²) in [5.41, 5.74) is 14.5. The van der Waals surface area contributed by atoms with E-state index in [-0.39, 0.29) is 0 Å². The lowest BCUT2D eigenvalue weighted by Gasteiger charge is -2.09. The van der Waals surface area contributed by atoms with E-state index in [2.05, 4.69) is 218 Å². The molecule has 0 radical (unpaired) electrons. The van der Waals surface area contributed by atoms with Crippen molar-refractivity contribution in [3.8, 4) is 39.6 Å². The molecule has 12 rings (SSSR count). The molecule has 4 aromatic heterocycles. The average molecular weight is 716 g/mol. The molecule has 0 aliphatic carbocycles. The number of rotatable bonds is 5. The van der Waals surface area contributed by atoms with Crippen LogP contribution in [-0.4, -0.2) is 23.1 Å². The van der Waals surface area contributed by atoms with E-state index in [9.17, 15) is 0 Å². The van der Waals surface area contributed by atoms with Crippen LogP contribution in [0.4, 0.5) is 0 Å².